The number of thioether (sulfide) groups is 1. The van der Waals surface area contributed by atoms with Gasteiger partial charge in [-0.05, 0) is 74.2 Å². The molecule has 2 aromatic rings. The van der Waals surface area contributed by atoms with Crippen LogP contribution in [0.5, 0.6) is 5.75 Å². The molecule has 0 unspecified atom stereocenters. The predicted octanol–water partition coefficient (Wildman–Crippen LogP) is 4.46. The third kappa shape index (κ3) is 6.32. The van der Waals surface area contributed by atoms with Gasteiger partial charge in [-0.3, -0.25) is 4.79 Å². The number of benzene rings is 2. The third-order valence-corrected chi connectivity index (χ3v) is 6.39. The first kappa shape index (κ1) is 24.7. The van der Waals surface area contributed by atoms with E-state index in [1.807, 2.05) is 18.2 Å². The highest BCUT2D eigenvalue weighted by atomic mass is 32.2. The number of hydrogen-bond acceptors (Lipinski definition) is 5. The Morgan fingerprint density at radius 1 is 1.15 bits per heavy atom. The number of amides is 2. The van der Waals surface area contributed by atoms with Crippen molar-refractivity contribution in [1.82, 2.24) is 4.90 Å². The number of ether oxygens (including phenoxy) is 1. The van der Waals surface area contributed by atoms with Crippen LogP contribution in [-0.4, -0.2) is 45.8 Å². The first-order valence-corrected chi connectivity index (χ1v) is 10.9. The quantitative estimate of drug-likeness (QED) is 0.397. The van der Waals surface area contributed by atoms with E-state index in [0.29, 0.717) is 18.5 Å². The molecule has 1 atom stereocenters. The molecular weight excluding hydrogens is 459 g/mol. The van der Waals surface area contributed by atoms with Crippen LogP contribution >= 0.6 is 11.8 Å². The van der Waals surface area contributed by atoms with Gasteiger partial charge in [0, 0.05) is 16.6 Å². The van der Waals surface area contributed by atoms with Gasteiger partial charge in [-0.1, -0.05) is 6.07 Å². The molecular formula is C22H24F3N3O4S. The Bertz CT molecular complexity index is 1030. The number of halogens is 3. The number of carbonyl (C=O) groups excluding carboxylic acids is 1. The summed E-state index contributed by atoms with van der Waals surface area (Å²) in [5.41, 5.74) is 8.21. The van der Waals surface area contributed by atoms with E-state index in [0.717, 1.165) is 28.2 Å². The second-order valence-electron chi connectivity index (χ2n) is 8.06. The summed E-state index contributed by atoms with van der Waals surface area (Å²) < 4.78 is 39.7. The summed E-state index contributed by atoms with van der Waals surface area (Å²) in [6, 6.07) is 9.91. The van der Waals surface area contributed by atoms with Crippen molar-refractivity contribution in [3.63, 3.8) is 0 Å². The summed E-state index contributed by atoms with van der Waals surface area (Å²) in [5.74, 6) is -1.29. The van der Waals surface area contributed by atoms with Gasteiger partial charge < -0.3 is 25.8 Å². The zero-order valence-corrected chi connectivity index (χ0v) is 18.8. The normalized spacial score (nSPS) is 15.6. The van der Waals surface area contributed by atoms with Gasteiger partial charge in [0.2, 0.25) is 0 Å². The maximum atomic E-state index is 12.8. The van der Waals surface area contributed by atoms with Gasteiger partial charge in [0.1, 0.15) is 10.5 Å². The number of aliphatic carboxylic acids is 1. The van der Waals surface area contributed by atoms with Crippen LogP contribution in [0.1, 0.15) is 25.0 Å². The van der Waals surface area contributed by atoms with Crippen molar-refractivity contribution in [2.24, 2.45) is 5.73 Å². The number of nitrogens with zero attached hydrogens (tertiary/aromatic N) is 1. The number of anilines is 1. The number of carboxylic acid groups (broad SMARTS) is 1. The molecule has 0 heterocycles. The molecule has 2 amide bonds. The van der Waals surface area contributed by atoms with E-state index < -0.39 is 23.1 Å². The number of urea groups is 1. The van der Waals surface area contributed by atoms with E-state index >= 15 is 0 Å². The van der Waals surface area contributed by atoms with Gasteiger partial charge in [0.05, 0.1) is 6.67 Å². The van der Waals surface area contributed by atoms with Crippen molar-refractivity contribution in [2.75, 3.05) is 12.0 Å². The number of nitrogens with one attached hydrogen (secondary N) is 1. The van der Waals surface area contributed by atoms with Crippen LogP contribution in [0.4, 0.5) is 23.7 Å². The minimum Gasteiger partial charge on any atom is -0.480 e. The molecule has 2 aromatic carbocycles. The second-order valence-corrected chi connectivity index (χ2v) is 9.76. The lowest BCUT2D eigenvalue weighted by molar-refractivity contribution is -0.274. The van der Waals surface area contributed by atoms with E-state index in [2.05, 4.69) is 10.1 Å². The average Bonchev–Trinajstić information content (AvgIpc) is 3.11. The lowest BCUT2D eigenvalue weighted by Gasteiger charge is -2.27. The molecule has 0 aromatic heterocycles. The minimum absolute atomic E-state index is 0.0482. The zero-order chi connectivity index (χ0) is 24.4. The van der Waals surface area contributed by atoms with Crippen molar-refractivity contribution in [3.8, 4) is 5.75 Å². The number of alkyl halides is 3. The topological polar surface area (TPSA) is 105 Å². The van der Waals surface area contributed by atoms with Gasteiger partial charge in [-0.25, -0.2) is 4.79 Å². The Balaban J connectivity index is 1.65. The molecule has 0 radical (unpaired) electrons. The Hall–Kier alpha value is -2.92. The monoisotopic (exact) mass is 483 g/mol. The van der Waals surface area contributed by atoms with E-state index in [-0.39, 0.29) is 18.5 Å². The summed E-state index contributed by atoms with van der Waals surface area (Å²) in [5, 5.41) is 12.0. The highest BCUT2D eigenvalue weighted by molar-refractivity contribution is 8.01. The summed E-state index contributed by atoms with van der Waals surface area (Å²) in [6.07, 6.45) is -3.65. The van der Waals surface area contributed by atoms with E-state index in [1.54, 1.807) is 13.8 Å². The fourth-order valence-corrected chi connectivity index (χ4v) is 4.54. The third-order valence-electron chi connectivity index (χ3n) is 5.21. The number of nitrogens with two attached hydrogens (primary N) is 1. The van der Waals surface area contributed by atoms with Crippen LogP contribution in [0.15, 0.2) is 47.4 Å². The highest BCUT2D eigenvalue weighted by Gasteiger charge is 2.33. The van der Waals surface area contributed by atoms with Crippen molar-refractivity contribution in [2.45, 2.75) is 48.7 Å². The van der Waals surface area contributed by atoms with Gasteiger partial charge >= 0.3 is 18.4 Å². The molecule has 0 aliphatic heterocycles. The number of rotatable bonds is 7. The molecule has 0 saturated heterocycles. The van der Waals surface area contributed by atoms with Gasteiger partial charge in [-0.15, -0.1) is 24.9 Å². The SMILES string of the molecule is CC(C)(Sc1ccc2c(c1)C[C@@H](N(CN)C(=O)Nc1ccc(OC(F)(F)F)cc1)C2)C(=O)O. The maximum Gasteiger partial charge on any atom is 0.573 e. The lowest BCUT2D eigenvalue weighted by Crippen LogP contribution is -2.46. The standard InChI is InChI=1S/C22H24F3N3O4S/c1-21(2,19(29)30)33-18-8-3-13-9-16(10-14(13)11-18)28(12-26)20(31)27-15-4-6-17(7-5-15)32-22(23,24)25/h3-8,11,16H,9-10,12,26H2,1-2H3,(H,27,31)(H,29,30)/t16-/m0/s1. The molecule has 7 nitrogen and oxygen atoms in total. The Kier molecular flexibility index (Phi) is 7.13. The first-order chi connectivity index (χ1) is 15.4. The van der Waals surface area contributed by atoms with Crippen LogP contribution in [-0.2, 0) is 17.6 Å². The number of carboxylic acids is 1. The summed E-state index contributed by atoms with van der Waals surface area (Å²) in [6.45, 7) is 3.23. The van der Waals surface area contributed by atoms with Crippen LogP contribution in [0, 0.1) is 0 Å². The van der Waals surface area contributed by atoms with Crippen molar-refractivity contribution in [3.05, 3.63) is 53.6 Å². The lowest BCUT2D eigenvalue weighted by atomic mass is 10.1. The molecule has 178 valence electrons. The summed E-state index contributed by atoms with van der Waals surface area (Å²) in [7, 11) is 0. The van der Waals surface area contributed by atoms with Gasteiger partial charge in [0.15, 0.2) is 0 Å². The fraction of sp³-hybridized carbons (Fsp3) is 0.364. The Labute approximate surface area is 193 Å². The fourth-order valence-electron chi connectivity index (χ4n) is 3.53. The first-order valence-electron chi connectivity index (χ1n) is 10.1. The van der Waals surface area contributed by atoms with Crippen molar-refractivity contribution < 1.29 is 32.6 Å². The molecule has 3 rings (SSSR count). The molecule has 0 fully saturated rings. The molecule has 0 bridgehead atoms. The summed E-state index contributed by atoms with van der Waals surface area (Å²) >= 11 is 1.25. The highest BCUT2D eigenvalue weighted by Crippen LogP contribution is 2.36. The van der Waals surface area contributed by atoms with E-state index in [4.69, 9.17) is 5.73 Å². The minimum atomic E-state index is -4.79. The number of fused-ring (bicyclic) bond motifs is 1. The zero-order valence-electron chi connectivity index (χ0n) is 18.0. The molecule has 4 N–H and O–H groups in total. The van der Waals surface area contributed by atoms with E-state index in [1.165, 1.54) is 28.8 Å². The second kappa shape index (κ2) is 9.52. The number of carbonyl (C=O) groups is 2. The Morgan fingerprint density at radius 2 is 1.79 bits per heavy atom. The average molecular weight is 484 g/mol. The molecule has 0 saturated carbocycles. The molecule has 33 heavy (non-hydrogen) atoms. The van der Waals surface area contributed by atoms with Crippen LogP contribution in [0.25, 0.3) is 0 Å². The van der Waals surface area contributed by atoms with Crippen LogP contribution < -0.4 is 15.8 Å². The molecule has 0 spiro atoms. The Morgan fingerprint density at radius 3 is 2.36 bits per heavy atom. The van der Waals surface area contributed by atoms with Crippen molar-refractivity contribution >= 4 is 29.4 Å². The van der Waals surface area contributed by atoms with Gasteiger partial charge in [0.25, 0.3) is 0 Å². The predicted molar refractivity (Wildman–Crippen MR) is 118 cm³/mol. The van der Waals surface area contributed by atoms with E-state index in [9.17, 15) is 27.9 Å². The molecule has 1 aliphatic carbocycles. The number of hydrogen-bond donors (Lipinski definition) is 3. The van der Waals surface area contributed by atoms with Crippen LogP contribution in [0.2, 0.25) is 0 Å². The van der Waals surface area contributed by atoms with Crippen LogP contribution in [0.3, 0.4) is 0 Å². The van der Waals surface area contributed by atoms with Crippen molar-refractivity contribution in [1.29, 1.82) is 0 Å². The largest absolute Gasteiger partial charge is 0.573 e. The molecule has 11 heteroatoms. The molecule has 1 aliphatic rings. The summed E-state index contributed by atoms with van der Waals surface area (Å²) in [4.78, 5) is 26.5. The smallest absolute Gasteiger partial charge is 0.480 e. The maximum absolute atomic E-state index is 12.8. The van der Waals surface area contributed by atoms with Gasteiger partial charge in [-0.2, -0.15) is 0 Å².